The van der Waals surface area contributed by atoms with Gasteiger partial charge in [-0.1, -0.05) is 43.5 Å². The van der Waals surface area contributed by atoms with Crippen molar-refractivity contribution in [3.05, 3.63) is 84.2 Å². The molecule has 0 aliphatic rings. The fourth-order valence-electron chi connectivity index (χ4n) is 1.83. The smallest absolute Gasteiger partial charge is 0.185 e. The first kappa shape index (κ1) is 13.7. The Morgan fingerprint density at radius 3 is 2.55 bits per heavy atom. The second-order valence-electron chi connectivity index (χ2n) is 4.24. The summed E-state index contributed by atoms with van der Waals surface area (Å²) in [5.74, 6) is -0.0486. The number of benzene rings is 1. The minimum Gasteiger partial charge on any atom is -0.289 e. The standard InChI is InChI=1S/C18H15NO/c1-3-15-8-9-17(12-16(15)4-2)18(20)10-7-14-6-5-11-19-13-14/h3-13H,1-2H2/b10-7+. The molecule has 2 aromatic rings. The van der Waals surface area contributed by atoms with Crippen LogP contribution in [0, 0.1) is 0 Å². The fourth-order valence-corrected chi connectivity index (χ4v) is 1.83. The first-order valence-electron chi connectivity index (χ1n) is 6.26. The zero-order chi connectivity index (χ0) is 14.4. The third kappa shape index (κ3) is 3.18. The number of allylic oxidation sites excluding steroid dienone is 1. The van der Waals surface area contributed by atoms with E-state index in [-0.39, 0.29) is 5.78 Å². The second kappa shape index (κ2) is 6.43. The summed E-state index contributed by atoms with van der Waals surface area (Å²) in [6.45, 7) is 7.48. The molecule has 0 aliphatic heterocycles. The maximum Gasteiger partial charge on any atom is 0.185 e. The predicted molar refractivity (Wildman–Crippen MR) is 84.2 cm³/mol. The highest BCUT2D eigenvalue weighted by atomic mass is 16.1. The molecule has 0 amide bonds. The molecule has 2 nitrogen and oxygen atoms in total. The van der Waals surface area contributed by atoms with E-state index in [2.05, 4.69) is 18.1 Å². The largest absolute Gasteiger partial charge is 0.289 e. The van der Waals surface area contributed by atoms with Crippen molar-refractivity contribution in [3.8, 4) is 0 Å². The van der Waals surface area contributed by atoms with Crippen molar-refractivity contribution < 1.29 is 4.79 Å². The van der Waals surface area contributed by atoms with Gasteiger partial charge in [0.25, 0.3) is 0 Å². The van der Waals surface area contributed by atoms with Crippen LogP contribution < -0.4 is 0 Å². The molecule has 2 heteroatoms. The van der Waals surface area contributed by atoms with E-state index < -0.39 is 0 Å². The van der Waals surface area contributed by atoms with Gasteiger partial charge in [0.1, 0.15) is 0 Å². The zero-order valence-corrected chi connectivity index (χ0v) is 11.1. The Balaban J connectivity index is 2.23. The van der Waals surface area contributed by atoms with Gasteiger partial charge in [0.15, 0.2) is 5.78 Å². The van der Waals surface area contributed by atoms with Gasteiger partial charge in [0.05, 0.1) is 0 Å². The van der Waals surface area contributed by atoms with Gasteiger partial charge in [0.2, 0.25) is 0 Å². The molecular weight excluding hydrogens is 246 g/mol. The highest BCUT2D eigenvalue weighted by molar-refractivity contribution is 6.07. The quantitative estimate of drug-likeness (QED) is 0.594. The van der Waals surface area contributed by atoms with E-state index in [9.17, 15) is 4.79 Å². The van der Waals surface area contributed by atoms with E-state index in [0.29, 0.717) is 5.56 Å². The van der Waals surface area contributed by atoms with Gasteiger partial charge in [-0.05, 0) is 41.0 Å². The SMILES string of the molecule is C=Cc1ccc(C(=O)/C=C/c2cccnc2)cc1C=C. The van der Waals surface area contributed by atoms with Crippen molar-refractivity contribution in [3.63, 3.8) is 0 Å². The van der Waals surface area contributed by atoms with Crippen LogP contribution in [0.25, 0.3) is 18.2 Å². The van der Waals surface area contributed by atoms with Crippen molar-refractivity contribution >= 4 is 24.0 Å². The summed E-state index contributed by atoms with van der Waals surface area (Å²) < 4.78 is 0. The van der Waals surface area contributed by atoms with Crippen LogP contribution in [0.5, 0.6) is 0 Å². The Morgan fingerprint density at radius 2 is 1.90 bits per heavy atom. The maximum atomic E-state index is 12.1. The zero-order valence-electron chi connectivity index (χ0n) is 11.1. The number of aromatic nitrogens is 1. The van der Waals surface area contributed by atoms with E-state index >= 15 is 0 Å². The average molecular weight is 261 g/mol. The molecule has 0 aliphatic carbocycles. The summed E-state index contributed by atoms with van der Waals surface area (Å²) in [5, 5.41) is 0. The van der Waals surface area contributed by atoms with Crippen LogP contribution in [0.2, 0.25) is 0 Å². The molecule has 1 heterocycles. The normalized spacial score (nSPS) is 10.4. The van der Waals surface area contributed by atoms with E-state index in [1.807, 2.05) is 24.3 Å². The lowest BCUT2D eigenvalue weighted by Gasteiger charge is -2.03. The number of hydrogen-bond donors (Lipinski definition) is 0. The molecule has 0 unspecified atom stereocenters. The molecular formula is C18H15NO. The van der Waals surface area contributed by atoms with Crippen LogP contribution in [0.15, 0.2) is 62.0 Å². The number of hydrogen-bond acceptors (Lipinski definition) is 2. The molecule has 0 saturated carbocycles. The molecule has 0 bridgehead atoms. The molecule has 0 spiro atoms. The Morgan fingerprint density at radius 1 is 1.10 bits per heavy atom. The first-order chi connectivity index (χ1) is 9.74. The van der Waals surface area contributed by atoms with Gasteiger partial charge in [-0.15, -0.1) is 0 Å². The predicted octanol–water partition coefficient (Wildman–Crippen LogP) is 4.26. The Kier molecular flexibility index (Phi) is 4.40. The first-order valence-corrected chi connectivity index (χ1v) is 6.26. The summed E-state index contributed by atoms with van der Waals surface area (Å²) >= 11 is 0. The number of carbonyl (C=O) groups excluding carboxylic acids is 1. The summed E-state index contributed by atoms with van der Waals surface area (Å²) in [4.78, 5) is 16.1. The number of carbonyl (C=O) groups is 1. The van der Waals surface area contributed by atoms with Gasteiger partial charge >= 0.3 is 0 Å². The number of ketones is 1. The Bertz CT molecular complexity index is 669. The van der Waals surface area contributed by atoms with Crippen molar-refractivity contribution in [2.45, 2.75) is 0 Å². The molecule has 98 valence electrons. The van der Waals surface area contributed by atoms with Gasteiger partial charge < -0.3 is 0 Å². The fraction of sp³-hybridized carbons (Fsp3) is 0. The van der Waals surface area contributed by atoms with Crippen molar-refractivity contribution in [2.75, 3.05) is 0 Å². The topological polar surface area (TPSA) is 30.0 Å². The van der Waals surface area contributed by atoms with Crippen molar-refractivity contribution in [2.24, 2.45) is 0 Å². The van der Waals surface area contributed by atoms with Gasteiger partial charge in [-0.25, -0.2) is 0 Å². The molecule has 0 N–H and O–H groups in total. The van der Waals surface area contributed by atoms with E-state index in [4.69, 9.17) is 0 Å². The lowest BCUT2D eigenvalue weighted by molar-refractivity contribution is 0.104. The van der Waals surface area contributed by atoms with E-state index in [0.717, 1.165) is 16.7 Å². The minimum atomic E-state index is -0.0486. The third-order valence-electron chi connectivity index (χ3n) is 2.92. The van der Waals surface area contributed by atoms with Crippen LogP contribution in [0.1, 0.15) is 27.0 Å². The van der Waals surface area contributed by atoms with E-state index in [1.54, 1.807) is 42.8 Å². The Hall–Kier alpha value is -2.74. The average Bonchev–Trinajstić information content (AvgIpc) is 2.52. The highest BCUT2D eigenvalue weighted by Crippen LogP contribution is 2.15. The van der Waals surface area contributed by atoms with Gasteiger partial charge in [-0.3, -0.25) is 9.78 Å². The summed E-state index contributed by atoms with van der Waals surface area (Å²) in [6, 6.07) is 9.21. The number of pyridine rings is 1. The van der Waals surface area contributed by atoms with E-state index in [1.165, 1.54) is 0 Å². The summed E-state index contributed by atoms with van der Waals surface area (Å²) in [5.41, 5.74) is 3.39. The lowest BCUT2D eigenvalue weighted by Crippen LogP contribution is -1.95. The van der Waals surface area contributed by atoms with Gasteiger partial charge in [0, 0.05) is 18.0 Å². The van der Waals surface area contributed by atoms with Crippen LogP contribution >= 0.6 is 0 Å². The molecule has 0 saturated heterocycles. The van der Waals surface area contributed by atoms with Crippen LogP contribution in [0.3, 0.4) is 0 Å². The highest BCUT2D eigenvalue weighted by Gasteiger charge is 2.04. The Labute approximate surface area is 118 Å². The van der Waals surface area contributed by atoms with Crippen LogP contribution in [-0.2, 0) is 0 Å². The summed E-state index contributed by atoms with van der Waals surface area (Å²) in [7, 11) is 0. The van der Waals surface area contributed by atoms with Crippen molar-refractivity contribution in [1.29, 1.82) is 0 Å². The van der Waals surface area contributed by atoms with Crippen LogP contribution in [-0.4, -0.2) is 10.8 Å². The summed E-state index contributed by atoms with van der Waals surface area (Å²) in [6.07, 6.45) is 10.2. The molecule has 0 atom stereocenters. The third-order valence-corrected chi connectivity index (χ3v) is 2.92. The molecule has 2 rings (SSSR count). The molecule has 20 heavy (non-hydrogen) atoms. The number of rotatable bonds is 5. The van der Waals surface area contributed by atoms with Crippen LogP contribution in [0.4, 0.5) is 0 Å². The molecule has 1 aromatic carbocycles. The second-order valence-corrected chi connectivity index (χ2v) is 4.24. The molecule has 1 aromatic heterocycles. The maximum absolute atomic E-state index is 12.1. The minimum absolute atomic E-state index is 0.0486. The van der Waals surface area contributed by atoms with Gasteiger partial charge in [-0.2, -0.15) is 0 Å². The molecule has 0 radical (unpaired) electrons. The van der Waals surface area contributed by atoms with Crippen molar-refractivity contribution in [1.82, 2.24) is 4.98 Å². The lowest BCUT2D eigenvalue weighted by atomic mass is 10.0. The number of nitrogens with zero attached hydrogens (tertiary/aromatic N) is 1. The monoisotopic (exact) mass is 261 g/mol. The molecule has 0 fully saturated rings.